The molecule has 2 aromatic carbocycles. The molecule has 0 atom stereocenters. The van der Waals surface area contributed by atoms with Gasteiger partial charge in [-0.2, -0.15) is 0 Å². The van der Waals surface area contributed by atoms with Crippen molar-refractivity contribution in [1.29, 1.82) is 0 Å². The monoisotopic (exact) mass is 376 g/mol. The van der Waals surface area contributed by atoms with Gasteiger partial charge in [0.2, 0.25) is 6.79 Å². The van der Waals surface area contributed by atoms with Gasteiger partial charge in [-0.05, 0) is 30.7 Å². The van der Waals surface area contributed by atoms with E-state index < -0.39 is 0 Å². The highest BCUT2D eigenvalue weighted by Crippen LogP contribution is 2.35. The SMILES string of the molecule is Cl.c1ccc(N2CCN(CCCOc3ccc4c(c3)OCO4)CC2)cc1. The summed E-state index contributed by atoms with van der Waals surface area (Å²) in [6.45, 7) is 6.50. The maximum Gasteiger partial charge on any atom is 0.231 e. The average molecular weight is 377 g/mol. The minimum atomic E-state index is 0. The molecule has 0 unspecified atom stereocenters. The van der Waals surface area contributed by atoms with Crippen molar-refractivity contribution in [3.63, 3.8) is 0 Å². The molecule has 1 saturated heterocycles. The van der Waals surface area contributed by atoms with Crippen LogP contribution in [-0.2, 0) is 0 Å². The van der Waals surface area contributed by atoms with Gasteiger partial charge in [0, 0.05) is 44.5 Å². The lowest BCUT2D eigenvalue weighted by atomic mass is 10.2. The van der Waals surface area contributed by atoms with Crippen LogP contribution in [0.25, 0.3) is 0 Å². The molecule has 2 aliphatic heterocycles. The van der Waals surface area contributed by atoms with Crippen molar-refractivity contribution >= 4 is 18.1 Å². The highest BCUT2D eigenvalue weighted by Gasteiger charge is 2.17. The smallest absolute Gasteiger partial charge is 0.231 e. The fourth-order valence-electron chi connectivity index (χ4n) is 3.31. The second-order valence-electron chi connectivity index (χ2n) is 6.38. The Hall–Kier alpha value is -2.11. The number of para-hydroxylation sites is 1. The zero-order valence-corrected chi connectivity index (χ0v) is 15.6. The number of fused-ring (bicyclic) bond motifs is 1. The summed E-state index contributed by atoms with van der Waals surface area (Å²) in [5.41, 5.74) is 1.33. The first-order valence-corrected chi connectivity index (χ1v) is 8.93. The zero-order chi connectivity index (χ0) is 16.9. The van der Waals surface area contributed by atoms with E-state index in [1.54, 1.807) is 0 Å². The molecule has 0 radical (unpaired) electrons. The summed E-state index contributed by atoms with van der Waals surface area (Å²) in [7, 11) is 0. The summed E-state index contributed by atoms with van der Waals surface area (Å²) < 4.78 is 16.5. The molecule has 0 aromatic heterocycles. The first kappa shape index (κ1) is 18.7. The molecule has 0 bridgehead atoms. The average Bonchev–Trinajstić information content (AvgIpc) is 3.14. The minimum Gasteiger partial charge on any atom is -0.493 e. The van der Waals surface area contributed by atoms with Gasteiger partial charge in [0.1, 0.15) is 5.75 Å². The lowest BCUT2D eigenvalue weighted by molar-refractivity contribution is 0.173. The summed E-state index contributed by atoms with van der Waals surface area (Å²) in [5, 5.41) is 0. The number of hydrogen-bond acceptors (Lipinski definition) is 5. The molecule has 2 heterocycles. The van der Waals surface area contributed by atoms with E-state index in [2.05, 4.69) is 40.1 Å². The molecule has 2 aromatic rings. The molecule has 2 aliphatic rings. The fourth-order valence-corrected chi connectivity index (χ4v) is 3.31. The van der Waals surface area contributed by atoms with Crippen LogP contribution in [0.2, 0.25) is 0 Å². The van der Waals surface area contributed by atoms with E-state index in [0.717, 1.165) is 63.0 Å². The number of benzene rings is 2. The number of rotatable bonds is 6. The predicted molar refractivity (Wildman–Crippen MR) is 105 cm³/mol. The first-order chi connectivity index (χ1) is 12.4. The van der Waals surface area contributed by atoms with E-state index >= 15 is 0 Å². The van der Waals surface area contributed by atoms with Crippen LogP contribution in [-0.4, -0.2) is 51.0 Å². The standard InChI is InChI=1S/C20H24N2O3.ClH/c1-2-5-17(6-3-1)22-12-10-21(11-13-22)9-4-14-23-18-7-8-19-20(15-18)25-16-24-19;/h1-3,5-8,15H,4,9-14,16H2;1H. The second kappa shape index (κ2) is 9.01. The van der Waals surface area contributed by atoms with Gasteiger partial charge in [-0.15, -0.1) is 12.4 Å². The van der Waals surface area contributed by atoms with Crippen LogP contribution in [0.3, 0.4) is 0 Å². The third-order valence-corrected chi connectivity index (χ3v) is 4.73. The molecule has 0 N–H and O–H groups in total. The zero-order valence-electron chi connectivity index (χ0n) is 14.8. The normalized spacial score (nSPS) is 16.2. The van der Waals surface area contributed by atoms with Gasteiger partial charge in [-0.25, -0.2) is 0 Å². The van der Waals surface area contributed by atoms with Gasteiger partial charge < -0.3 is 19.1 Å². The van der Waals surface area contributed by atoms with Crippen LogP contribution in [0.5, 0.6) is 17.2 Å². The van der Waals surface area contributed by atoms with Crippen LogP contribution >= 0.6 is 12.4 Å². The molecular weight excluding hydrogens is 352 g/mol. The van der Waals surface area contributed by atoms with Crippen LogP contribution in [0, 0.1) is 0 Å². The molecule has 0 spiro atoms. The molecule has 5 nitrogen and oxygen atoms in total. The number of nitrogens with zero attached hydrogens (tertiary/aromatic N) is 2. The van der Waals surface area contributed by atoms with Crippen molar-refractivity contribution in [1.82, 2.24) is 4.90 Å². The Kier molecular flexibility index (Phi) is 6.47. The van der Waals surface area contributed by atoms with Gasteiger partial charge in [0.25, 0.3) is 0 Å². The Morgan fingerprint density at radius 1 is 0.885 bits per heavy atom. The van der Waals surface area contributed by atoms with E-state index in [0.29, 0.717) is 6.79 Å². The van der Waals surface area contributed by atoms with E-state index in [1.807, 2.05) is 18.2 Å². The quantitative estimate of drug-likeness (QED) is 0.721. The van der Waals surface area contributed by atoms with E-state index in [9.17, 15) is 0 Å². The molecule has 4 rings (SSSR count). The van der Waals surface area contributed by atoms with Crippen LogP contribution < -0.4 is 19.1 Å². The molecule has 26 heavy (non-hydrogen) atoms. The molecule has 1 fully saturated rings. The maximum atomic E-state index is 5.84. The Morgan fingerprint density at radius 3 is 2.46 bits per heavy atom. The van der Waals surface area contributed by atoms with Crippen molar-refractivity contribution in [2.45, 2.75) is 6.42 Å². The molecule has 0 aliphatic carbocycles. The minimum absolute atomic E-state index is 0. The number of hydrogen-bond donors (Lipinski definition) is 0. The summed E-state index contributed by atoms with van der Waals surface area (Å²) >= 11 is 0. The van der Waals surface area contributed by atoms with E-state index in [-0.39, 0.29) is 12.4 Å². The van der Waals surface area contributed by atoms with Gasteiger partial charge >= 0.3 is 0 Å². The molecule has 0 amide bonds. The predicted octanol–water partition coefficient (Wildman–Crippen LogP) is 3.43. The molecule has 6 heteroatoms. The van der Waals surface area contributed by atoms with Crippen molar-refractivity contribution < 1.29 is 14.2 Å². The first-order valence-electron chi connectivity index (χ1n) is 8.93. The van der Waals surface area contributed by atoms with E-state index in [4.69, 9.17) is 14.2 Å². The summed E-state index contributed by atoms with van der Waals surface area (Å²) in [6.07, 6.45) is 1.03. The Labute approximate surface area is 160 Å². The Balaban J connectivity index is 0.00000196. The van der Waals surface area contributed by atoms with E-state index in [1.165, 1.54) is 5.69 Å². The third-order valence-electron chi connectivity index (χ3n) is 4.73. The van der Waals surface area contributed by atoms with Crippen LogP contribution in [0.1, 0.15) is 6.42 Å². The van der Waals surface area contributed by atoms with Crippen molar-refractivity contribution in [3.05, 3.63) is 48.5 Å². The molecule has 0 saturated carbocycles. The maximum absolute atomic E-state index is 5.84. The summed E-state index contributed by atoms with van der Waals surface area (Å²) in [5.74, 6) is 2.41. The lowest BCUT2D eigenvalue weighted by Gasteiger charge is -2.36. The summed E-state index contributed by atoms with van der Waals surface area (Å²) in [6, 6.07) is 16.4. The third kappa shape index (κ3) is 4.54. The number of halogens is 1. The number of anilines is 1. The second-order valence-corrected chi connectivity index (χ2v) is 6.38. The Bertz CT molecular complexity index is 691. The topological polar surface area (TPSA) is 34.2 Å². The van der Waals surface area contributed by atoms with Crippen molar-refractivity contribution in [2.24, 2.45) is 0 Å². The summed E-state index contributed by atoms with van der Waals surface area (Å²) in [4.78, 5) is 4.97. The van der Waals surface area contributed by atoms with Gasteiger partial charge in [-0.1, -0.05) is 18.2 Å². The van der Waals surface area contributed by atoms with Crippen LogP contribution in [0.15, 0.2) is 48.5 Å². The largest absolute Gasteiger partial charge is 0.493 e. The Morgan fingerprint density at radius 2 is 1.65 bits per heavy atom. The lowest BCUT2D eigenvalue weighted by Crippen LogP contribution is -2.46. The molecule has 140 valence electrons. The fraction of sp³-hybridized carbons (Fsp3) is 0.400. The van der Waals surface area contributed by atoms with Gasteiger partial charge in [-0.3, -0.25) is 4.90 Å². The number of ether oxygens (including phenoxy) is 3. The highest BCUT2D eigenvalue weighted by atomic mass is 35.5. The number of piperazine rings is 1. The highest BCUT2D eigenvalue weighted by molar-refractivity contribution is 5.85. The van der Waals surface area contributed by atoms with Crippen molar-refractivity contribution in [2.75, 3.05) is 51.0 Å². The molecular formula is C20H25ClN2O3. The van der Waals surface area contributed by atoms with Gasteiger partial charge in [0.05, 0.1) is 6.61 Å². The van der Waals surface area contributed by atoms with Gasteiger partial charge in [0.15, 0.2) is 11.5 Å². The van der Waals surface area contributed by atoms with Crippen LogP contribution in [0.4, 0.5) is 5.69 Å². The van der Waals surface area contributed by atoms with Crippen molar-refractivity contribution in [3.8, 4) is 17.2 Å².